The van der Waals surface area contributed by atoms with Gasteiger partial charge in [0.25, 0.3) is 0 Å². The zero-order valence-electron chi connectivity index (χ0n) is 16.6. The molecule has 0 spiro atoms. The van der Waals surface area contributed by atoms with Crippen LogP contribution >= 0.6 is 0 Å². The van der Waals surface area contributed by atoms with Crippen LogP contribution in [0.5, 0.6) is 0 Å². The van der Waals surface area contributed by atoms with Gasteiger partial charge in [-0.3, -0.25) is 14.7 Å². The number of piperazine rings is 1. The van der Waals surface area contributed by atoms with Crippen LogP contribution in [-0.4, -0.2) is 42.0 Å². The Morgan fingerprint density at radius 1 is 1.00 bits per heavy atom. The third kappa shape index (κ3) is 4.02. The van der Waals surface area contributed by atoms with Crippen molar-refractivity contribution in [3.63, 3.8) is 0 Å². The van der Waals surface area contributed by atoms with E-state index in [9.17, 15) is 10.1 Å². The fourth-order valence-electron chi connectivity index (χ4n) is 4.06. The molecule has 2 N–H and O–H groups in total. The van der Waals surface area contributed by atoms with Crippen LogP contribution in [0.4, 0.5) is 5.69 Å². The zero-order valence-corrected chi connectivity index (χ0v) is 16.6. The number of hydrogen-bond acceptors (Lipinski definition) is 5. The number of nitrogens with two attached hydrogens (primary N) is 1. The number of primary amides is 1. The van der Waals surface area contributed by atoms with E-state index in [0.717, 1.165) is 31.9 Å². The predicted octanol–water partition coefficient (Wildman–Crippen LogP) is 2.96. The number of carbonyl (C=O) groups excluding carboxylic acids is 1. The average molecular weight is 397 g/mol. The van der Waals surface area contributed by atoms with Crippen molar-refractivity contribution < 1.29 is 4.79 Å². The Labute approximate surface area is 176 Å². The molecule has 1 amide bonds. The standard InChI is InChI=1S/C24H23N5O/c25-16-21-15-19(24(26)30)8-9-22(21)28-11-13-29(14-12-28)23(18-5-2-1-3-6-18)20-7-4-10-27-17-20/h1-10,15,17,23H,11-14H2,(H2,26,30). The molecule has 2 heterocycles. The minimum absolute atomic E-state index is 0.134. The molecule has 0 bridgehead atoms. The van der Waals surface area contributed by atoms with Crippen molar-refractivity contribution in [2.24, 2.45) is 5.73 Å². The average Bonchev–Trinajstić information content (AvgIpc) is 2.81. The summed E-state index contributed by atoms with van der Waals surface area (Å²) in [6.45, 7) is 3.26. The van der Waals surface area contributed by atoms with Crippen LogP contribution in [-0.2, 0) is 0 Å². The van der Waals surface area contributed by atoms with Gasteiger partial charge in [0, 0.05) is 44.1 Å². The highest BCUT2D eigenvalue weighted by Gasteiger charge is 2.27. The summed E-state index contributed by atoms with van der Waals surface area (Å²) >= 11 is 0. The molecule has 1 aromatic heterocycles. The molecule has 6 heteroatoms. The zero-order chi connectivity index (χ0) is 20.9. The van der Waals surface area contributed by atoms with Crippen LogP contribution in [0.25, 0.3) is 0 Å². The Hall–Kier alpha value is -3.69. The summed E-state index contributed by atoms with van der Waals surface area (Å²) in [6, 6.07) is 22.0. The fraction of sp³-hybridized carbons (Fsp3) is 0.208. The van der Waals surface area contributed by atoms with Crippen molar-refractivity contribution in [2.45, 2.75) is 6.04 Å². The number of nitriles is 1. The Bertz CT molecular complexity index is 1010. The number of rotatable bonds is 5. The Kier molecular flexibility index (Phi) is 5.73. The first-order chi connectivity index (χ1) is 14.7. The summed E-state index contributed by atoms with van der Waals surface area (Å²) in [5, 5.41) is 9.55. The second-order valence-electron chi connectivity index (χ2n) is 7.33. The summed E-state index contributed by atoms with van der Waals surface area (Å²) in [7, 11) is 0. The second kappa shape index (κ2) is 8.76. The van der Waals surface area contributed by atoms with Gasteiger partial charge in [-0.05, 0) is 35.4 Å². The first-order valence-corrected chi connectivity index (χ1v) is 9.95. The molecule has 4 rings (SSSR count). The first-order valence-electron chi connectivity index (χ1n) is 9.95. The molecule has 150 valence electrons. The highest BCUT2D eigenvalue weighted by atomic mass is 16.1. The molecule has 0 saturated carbocycles. The largest absolute Gasteiger partial charge is 0.368 e. The van der Waals surface area contributed by atoms with Gasteiger partial charge in [-0.2, -0.15) is 5.26 Å². The van der Waals surface area contributed by atoms with Crippen LogP contribution < -0.4 is 10.6 Å². The van der Waals surface area contributed by atoms with Crippen molar-refractivity contribution in [1.29, 1.82) is 5.26 Å². The molecular weight excluding hydrogens is 374 g/mol. The number of pyridine rings is 1. The van der Waals surface area contributed by atoms with E-state index in [-0.39, 0.29) is 6.04 Å². The number of carbonyl (C=O) groups is 1. The van der Waals surface area contributed by atoms with Crippen LogP contribution in [0.15, 0.2) is 73.1 Å². The smallest absolute Gasteiger partial charge is 0.248 e. The van der Waals surface area contributed by atoms with Gasteiger partial charge in [0.1, 0.15) is 6.07 Å². The van der Waals surface area contributed by atoms with E-state index in [0.29, 0.717) is 11.1 Å². The molecule has 1 unspecified atom stereocenters. The van der Waals surface area contributed by atoms with Gasteiger partial charge < -0.3 is 10.6 Å². The minimum atomic E-state index is -0.523. The Morgan fingerprint density at radius 2 is 1.73 bits per heavy atom. The summed E-state index contributed by atoms with van der Waals surface area (Å²) in [5.74, 6) is -0.523. The van der Waals surface area contributed by atoms with Gasteiger partial charge in [-0.15, -0.1) is 0 Å². The third-order valence-corrected chi connectivity index (χ3v) is 5.54. The van der Waals surface area contributed by atoms with Crippen molar-refractivity contribution in [1.82, 2.24) is 9.88 Å². The van der Waals surface area contributed by atoms with Crippen LogP contribution in [0.1, 0.15) is 33.1 Å². The van der Waals surface area contributed by atoms with Gasteiger partial charge >= 0.3 is 0 Å². The minimum Gasteiger partial charge on any atom is -0.368 e. The van der Waals surface area contributed by atoms with Crippen molar-refractivity contribution in [3.8, 4) is 6.07 Å². The van der Waals surface area contributed by atoms with Crippen molar-refractivity contribution in [3.05, 3.63) is 95.3 Å². The van der Waals surface area contributed by atoms with Gasteiger partial charge in [-0.25, -0.2) is 0 Å². The van der Waals surface area contributed by atoms with Gasteiger partial charge in [0.2, 0.25) is 5.91 Å². The molecule has 1 atom stereocenters. The lowest BCUT2D eigenvalue weighted by atomic mass is 9.97. The number of aromatic nitrogens is 1. The van der Waals surface area contributed by atoms with E-state index in [4.69, 9.17) is 5.73 Å². The molecular formula is C24H23N5O. The van der Waals surface area contributed by atoms with E-state index in [1.54, 1.807) is 18.3 Å². The molecule has 0 aliphatic carbocycles. The molecule has 1 saturated heterocycles. The Morgan fingerprint density at radius 3 is 2.37 bits per heavy atom. The summed E-state index contributed by atoms with van der Waals surface area (Å²) < 4.78 is 0. The monoisotopic (exact) mass is 397 g/mol. The van der Waals surface area contributed by atoms with E-state index >= 15 is 0 Å². The lowest BCUT2D eigenvalue weighted by Gasteiger charge is -2.40. The molecule has 2 aromatic carbocycles. The first kappa shape index (κ1) is 19.6. The van der Waals surface area contributed by atoms with Crippen molar-refractivity contribution in [2.75, 3.05) is 31.1 Å². The molecule has 1 aliphatic rings. The van der Waals surface area contributed by atoms with Crippen LogP contribution in [0.2, 0.25) is 0 Å². The van der Waals surface area contributed by atoms with Crippen LogP contribution in [0, 0.1) is 11.3 Å². The lowest BCUT2D eigenvalue weighted by Crippen LogP contribution is -2.48. The van der Waals surface area contributed by atoms with E-state index in [2.05, 4.69) is 51.2 Å². The third-order valence-electron chi connectivity index (χ3n) is 5.54. The topological polar surface area (TPSA) is 86.2 Å². The molecule has 6 nitrogen and oxygen atoms in total. The molecule has 1 fully saturated rings. The van der Waals surface area contributed by atoms with Gasteiger partial charge in [-0.1, -0.05) is 36.4 Å². The predicted molar refractivity (Wildman–Crippen MR) is 116 cm³/mol. The maximum Gasteiger partial charge on any atom is 0.248 e. The molecule has 30 heavy (non-hydrogen) atoms. The number of nitrogens with zero attached hydrogens (tertiary/aromatic N) is 4. The number of benzene rings is 2. The summed E-state index contributed by atoms with van der Waals surface area (Å²) in [6.07, 6.45) is 3.73. The molecule has 1 aliphatic heterocycles. The Balaban J connectivity index is 1.56. The lowest BCUT2D eigenvalue weighted by molar-refractivity contribution is 0.100. The number of anilines is 1. The second-order valence-corrected chi connectivity index (χ2v) is 7.33. The quantitative estimate of drug-likeness (QED) is 0.715. The van der Waals surface area contributed by atoms with E-state index in [1.807, 2.05) is 24.4 Å². The SMILES string of the molecule is N#Cc1cc(C(N)=O)ccc1N1CCN(C(c2ccccc2)c2cccnc2)CC1. The maximum absolute atomic E-state index is 11.4. The normalized spacial score (nSPS) is 15.4. The van der Waals surface area contributed by atoms with Gasteiger partial charge in [0.15, 0.2) is 0 Å². The van der Waals surface area contributed by atoms with E-state index in [1.165, 1.54) is 11.1 Å². The van der Waals surface area contributed by atoms with Crippen LogP contribution in [0.3, 0.4) is 0 Å². The maximum atomic E-state index is 11.4. The summed E-state index contributed by atoms with van der Waals surface area (Å²) in [4.78, 5) is 20.4. The highest BCUT2D eigenvalue weighted by molar-refractivity contribution is 5.93. The number of hydrogen-bond donors (Lipinski definition) is 1. The van der Waals surface area contributed by atoms with Crippen molar-refractivity contribution >= 4 is 11.6 Å². The highest BCUT2D eigenvalue weighted by Crippen LogP contribution is 2.30. The molecule has 0 radical (unpaired) electrons. The van der Waals surface area contributed by atoms with E-state index < -0.39 is 5.91 Å². The number of amides is 1. The fourth-order valence-corrected chi connectivity index (χ4v) is 4.06. The summed E-state index contributed by atoms with van der Waals surface area (Å²) in [5.41, 5.74) is 9.44. The van der Waals surface area contributed by atoms with Gasteiger partial charge in [0.05, 0.1) is 17.3 Å². The molecule has 3 aromatic rings.